The molecule has 1 unspecified atom stereocenters. The summed E-state index contributed by atoms with van der Waals surface area (Å²) in [5.41, 5.74) is 3.13. The molecule has 1 aliphatic rings. The number of carbonyl (C=O) groups is 1. The summed E-state index contributed by atoms with van der Waals surface area (Å²) in [6, 6.07) is 15.8. The van der Waals surface area contributed by atoms with Crippen LogP contribution in [-0.2, 0) is 6.42 Å². The average molecular weight is 530 g/mol. The van der Waals surface area contributed by atoms with Gasteiger partial charge in [0, 0.05) is 12.6 Å². The number of hydrogen-bond acceptors (Lipinski definition) is 6. The molecule has 2 aromatic heterocycles. The Kier molecular flexibility index (Phi) is 7.43. The fourth-order valence-corrected chi connectivity index (χ4v) is 4.79. The largest absolute Gasteiger partial charge is 0.494 e. The number of nitrogens with zero attached hydrogens (tertiary/aromatic N) is 4. The number of aliphatic hydroxyl groups is 1. The first kappa shape index (κ1) is 26.5. The highest BCUT2D eigenvalue weighted by Gasteiger charge is 2.29. The first-order chi connectivity index (χ1) is 18.7. The van der Waals surface area contributed by atoms with E-state index >= 15 is 0 Å². The molecule has 0 bridgehead atoms. The second-order valence-corrected chi connectivity index (χ2v) is 10.5. The van der Waals surface area contributed by atoms with E-state index < -0.39 is 11.5 Å². The molecule has 39 heavy (non-hydrogen) atoms. The minimum Gasteiger partial charge on any atom is -0.494 e. The Morgan fingerprint density at radius 1 is 1.18 bits per heavy atom. The molecule has 0 saturated carbocycles. The van der Waals surface area contributed by atoms with Crippen LogP contribution in [0.25, 0.3) is 11.1 Å². The number of nitrogens with one attached hydrogen (secondary N) is 1. The lowest BCUT2D eigenvalue weighted by Gasteiger charge is -2.17. The first-order valence-electron chi connectivity index (χ1n) is 13.1. The monoisotopic (exact) mass is 529 g/mol. The Labute approximate surface area is 226 Å². The molecular weight excluding hydrogens is 497 g/mol. The van der Waals surface area contributed by atoms with E-state index in [-0.39, 0.29) is 17.7 Å². The number of aromatic nitrogens is 4. The van der Waals surface area contributed by atoms with E-state index in [4.69, 9.17) is 4.74 Å². The lowest BCUT2D eigenvalue weighted by Crippen LogP contribution is -2.19. The molecule has 202 valence electrons. The lowest BCUT2D eigenvalue weighted by atomic mass is 10.0. The maximum absolute atomic E-state index is 13.4. The van der Waals surface area contributed by atoms with Crippen LogP contribution in [0.2, 0.25) is 0 Å². The van der Waals surface area contributed by atoms with Crippen LogP contribution < -0.4 is 10.1 Å². The van der Waals surface area contributed by atoms with Gasteiger partial charge in [0.15, 0.2) is 0 Å². The number of carbonyl (C=O) groups excluding carboxylic acids is 1. The zero-order valence-electron chi connectivity index (χ0n) is 22.3. The molecule has 0 radical (unpaired) electrons. The van der Waals surface area contributed by atoms with Crippen LogP contribution in [0, 0.1) is 12.7 Å². The van der Waals surface area contributed by atoms with Crippen molar-refractivity contribution in [1.29, 1.82) is 0 Å². The van der Waals surface area contributed by atoms with Gasteiger partial charge >= 0.3 is 0 Å². The number of amides is 1. The van der Waals surface area contributed by atoms with Crippen molar-refractivity contribution in [2.75, 3.05) is 11.9 Å². The van der Waals surface area contributed by atoms with Gasteiger partial charge in [-0.2, -0.15) is 0 Å². The summed E-state index contributed by atoms with van der Waals surface area (Å²) in [7, 11) is 0. The highest BCUT2D eigenvalue weighted by molar-refractivity contribution is 6.01. The predicted octanol–water partition coefficient (Wildman–Crippen LogP) is 5.51. The molecule has 0 aliphatic carbocycles. The van der Waals surface area contributed by atoms with E-state index in [2.05, 4.69) is 20.4 Å². The predicted molar refractivity (Wildman–Crippen MR) is 146 cm³/mol. The fourth-order valence-electron chi connectivity index (χ4n) is 4.79. The molecular formula is C30H32FN5O3. The Balaban J connectivity index is 1.28. The summed E-state index contributed by atoms with van der Waals surface area (Å²) < 4.78 is 21.0. The van der Waals surface area contributed by atoms with Crippen molar-refractivity contribution < 1.29 is 19.0 Å². The molecule has 9 heteroatoms. The summed E-state index contributed by atoms with van der Waals surface area (Å²) in [4.78, 5) is 21.8. The summed E-state index contributed by atoms with van der Waals surface area (Å²) in [5.74, 6) is 1.19. The Morgan fingerprint density at radius 3 is 2.74 bits per heavy atom. The van der Waals surface area contributed by atoms with Gasteiger partial charge in [0.1, 0.15) is 23.2 Å². The molecule has 2 N–H and O–H groups in total. The third-order valence-corrected chi connectivity index (χ3v) is 6.82. The number of ether oxygens (including phenoxy) is 1. The zero-order chi connectivity index (χ0) is 27.6. The van der Waals surface area contributed by atoms with Crippen molar-refractivity contribution in [2.45, 2.75) is 58.1 Å². The Bertz CT molecular complexity index is 1480. The van der Waals surface area contributed by atoms with Gasteiger partial charge in [-0.15, -0.1) is 5.10 Å². The average Bonchev–Trinajstić information content (AvgIpc) is 3.49. The van der Waals surface area contributed by atoms with Crippen molar-refractivity contribution in [1.82, 2.24) is 19.7 Å². The summed E-state index contributed by atoms with van der Waals surface area (Å²) in [6.45, 7) is 6.10. The maximum atomic E-state index is 13.4. The van der Waals surface area contributed by atoms with Crippen molar-refractivity contribution in [3.05, 3.63) is 89.4 Å². The van der Waals surface area contributed by atoms with E-state index in [9.17, 15) is 14.3 Å². The zero-order valence-corrected chi connectivity index (χ0v) is 22.3. The quantitative estimate of drug-likeness (QED) is 0.278. The highest BCUT2D eigenvalue weighted by atomic mass is 19.1. The molecule has 0 fully saturated rings. The van der Waals surface area contributed by atoms with Crippen molar-refractivity contribution in [2.24, 2.45) is 0 Å². The second-order valence-electron chi connectivity index (χ2n) is 10.5. The molecule has 1 atom stereocenters. The number of halogens is 1. The van der Waals surface area contributed by atoms with Crippen molar-refractivity contribution >= 4 is 11.7 Å². The number of fused-ring (bicyclic) bond motifs is 1. The molecule has 3 heterocycles. The van der Waals surface area contributed by atoms with Gasteiger partial charge in [0.25, 0.3) is 5.91 Å². The third kappa shape index (κ3) is 6.31. The van der Waals surface area contributed by atoms with Crippen LogP contribution in [0.15, 0.2) is 60.8 Å². The van der Waals surface area contributed by atoms with Gasteiger partial charge in [-0.25, -0.2) is 19.0 Å². The van der Waals surface area contributed by atoms with Crippen LogP contribution in [0.3, 0.4) is 0 Å². The minimum absolute atomic E-state index is 0.0710. The number of benzene rings is 2. The van der Waals surface area contributed by atoms with Gasteiger partial charge in [-0.1, -0.05) is 18.2 Å². The second kappa shape index (κ2) is 10.9. The van der Waals surface area contributed by atoms with Crippen LogP contribution in [0.4, 0.5) is 10.2 Å². The van der Waals surface area contributed by atoms with Gasteiger partial charge in [-0.05, 0) is 98.7 Å². The fraction of sp³-hybridized carbons (Fsp3) is 0.333. The summed E-state index contributed by atoms with van der Waals surface area (Å²) in [5, 5.41) is 17.2. The van der Waals surface area contributed by atoms with E-state index in [1.807, 2.05) is 37.3 Å². The molecule has 5 rings (SSSR count). The number of aryl methyl sites for hydroxylation is 2. The summed E-state index contributed by atoms with van der Waals surface area (Å²) >= 11 is 0. The SMILES string of the molecule is Cc1ccc(OCCCC(C)(C)O)cc1-c1ccnc(NC(=O)c2nc3n(n2)C(c2ccc(F)cc2)CC3)c1. The van der Waals surface area contributed by atoms with Gasteiger partial charge in [-0.3, -0.25) is 4.79 Å². The first-order valence-corrected chi connectivity index (χ1v) is 13.1. The molecule has 0 saturated heterocycles. The van der Waals surface area contributed by atoms with Gasteiger partial charge in [0.05, 0.1) is 18.2 Å². The molecule has 1 aliphatic heterocycles. The normalized spacial score (nSPS) is 14.7. The van der Waals surface area contributed by atoms with Gasteiger partial charge in [0.2, 0.25) is 5.82 Å². The molecule has 0 spiro atoms. The van der Waals surface area contributed by atoms with Crippen molar-refractivity contribution in [3.63, 3.8) is 0 Å². The standard InChI is InChI=1S/C30H32FN5O3/c1-19-5-10-23(39-16-4-14-30(2,3)38)18-24(19)21-13-15-32-26(17-21)33-29(37)28-34-27-12-11-25(36(27)35-28)20-6-8-22(31)9-7-20/h5-10,13,15,17-18,25,38H,4,11-12,14,16H2,1-3H3,(H,32,33,37). The Hall–Kier alpha value is -4.11. The van der Waals surface area contributed by atoms with E-state index in [1.54, 1.807) is 36.9 Å². The third-order valence-electron chi connectivity index (χ3n) is 6.82. The Morgan fingerprint density at radius 2 is 1.97 bits per heavy atom. The van der Waals surface area contributed by atoms with E-state index in [1.165, 1.54) is 12.1 Å². The number of rotatable bonds is 9. The number of anilines is 1. The highest BCUT2D eigenvalue weighted by Crippen LogP contribution is 2.31. The van der Waals surface area contributed by atoms with Gasteiger partial charge < -0.3 is 15.2 Å². The summed E-state index contributed by atoms with van der Waals surface area (Å²) in [6.07, 6.45) is 4.53. The van der Waals surface area contributed by atoms with E-state index in [0.29, 0.717) is 25.3 Å². The van der Waals surface area contributed by atoms with Crippen LogP contribution in [-0.4, -0.2) is 43.0 Å². The lowest BCUT2D eigenvalue weighted by molar-refractivity contribution is 0.0641. The van der Waals surface area contributed by atoms with Crippen LogP contribution in [0.1, 0.15) is 66.7 Å². The van der Waals surface area contributed by atoms with Crippen LogP contribution >= 0.6 is 0 Å². The molecule has 8 nitrogen and oxygen atoms in total. The van der Waals surface area contributed by atoms with Crippen LogP contribution in [0.5, 0.6) is 5.75 Å². The topological polar surface area (TPSA) is 102 Å². The molecule has 4 aromatic rings. The maximum Gasteiger partial charge on any atom is 0.296 e. The smallest absolute Gasteiger partial charge is 0.296 e. The van der Waals surface area contributed by atoms with E-state index in [0.717, 1.165) is 46.7 Å². The number of pyridine rings is 1. The molecule has 2 aromatic carbocycles. The van der Waals surface area contributed by atoms with Crippen molar-refractivity contribution in [3.8, 4) is 16.9 Å². The molecule has 1 amide bonds. The number of hydrogen-bond donors (Lipinski definition) is 2. The minimum atomic E-state index is -0.712.